The smallest absolute Gasteiger partial charge is 0.152 e. The lowest BCUT2D eigenvalue weighted by molar-refractivity contribution is 0.300. The van der Waals surface area contributed by atoms with Crippen LogP contribution >= 0.6 is 11.6 Å². The number of halogens is 1. The van der Waals surface area contributed by atoms with Crippen LogP contribution < -0.4 is 5.32 Å². The molecule has 0 spiro atoms. The van der Waals surface area contributed by atoms with Gasteiger partial charge in [-0.05, 0) is 36.8 Å². The Hall–Kier alpha value is -0.760. The number of pyridine rings is 1. The lowest BCUT2D eigenvalue weighted by Crippen LogP contribution is -2.20. The molecule has 88 valence electrons. The number of nitrogens with zero attached hydrogens (tertiary/aromatic N) is 1. The predicted octanol–water partition coefficient (Wildman–Crippen LogP) is 3.97. The number of hydrogen-bond acceptors (Lipinski definition) is 2. The van der Waals surface area contributed by atoms with Gasteiger partial charge >= 0.3 is 0 Å². The van der Waals surface area contributed by atoms with E-state index in [1.165, 1.54) is 25.7 Å². The topological polar surface area (TPSA) is 24.9 Å². The van der Waals surface area contributed by atoms with E-state index in [2.05, 4.69) is 17.2 Å². The lowest BCUT2D eigenvalue weighted by Gasteiger charge is -2.26. The molecule has 0 saturated heterocycles. The number of rotatable bonds is 3. The Balaban J connectivity index is 1.81. The summed E-state index contributed by atoms with van der Waals surface area (Å²) in [7, 11) is 0. The third-order valence-corrected chi connectivity index (χ3v) is 3.78. The summed E-state index contributed by atoms with van der Waals surface area (Å²) in [5.41, 5.74) is 0.961. The van der Waals surface area contributed by atoms with E-state index in [9.17, 15) is 0 Å². The first kappa shape index (κ1) is 11.7. The predicted molar refractivity (Wildman–Crippen MR) is 68.9 cm³/mol. The zero-order valence-corrected chi connectivity index (χ0v) is 10.5. The van der Waals surface area contributed by atoms with Gasteiger partial charge in [-0.25, -0.2) is 4.98 Å². The van der Waals surface area contributed by atoms with Gasteiger partial charge in [0, 0.05) is 12.7 Å². The molecule has 2 rings (SSSR count). The van der Waals surface area contributed by atoms with Crippen molar-refractivity contribution in [2.24, 2.45) is 11.8 Å². The molecule has 1 heterocycles. The van der Waals surface area contributed by atoms with E-state index in [-0.39, 0.29) is 0 Å². The molecule has 1 N–H and O–H groups in total. The van der Waals surface area contributed by atoms with E-state index in [1.54, 1.807) is 6.20 Å². The molecule has 0 amide bonds. The monoisotopic (exact) mass is 238 g/mol. The number of aromatic nitrogens is 1. The fraction of sp³-hybridized carbons (Fsp3) is 0.615. The fourth-order valence-electron chi connectivity index (χ4n) is 2.31. The van der Waals surface area contributed by atoms with E-state index < -0.39 is 0 Å². The molecule has 0 unspecified atom stereocenters. The second-order valence-electron chi connectivity index (χ2n) is 4.85. The summed E-state index contributed by atoms with van der Waals surface area (Å²) >= 11 is 5.99. The molecule has 1 saturated carbocycles. The van der Waals surface area contributed by atoms with Crippen molar-refractivity contribution >= 4 is 17.3 Å². The SMILES string of the molecule is CC1CCC(CNc2cccnc2Cl)CC1. The Morgan fingerprint density at radius 3 is 2.81 bits per heavy atom. The summed E-state index contributed by atoms with van der Waals surface area (Å²) in [6.45, 7) is 3.37. The molecule has 2 nitrogen and oxygen atoms in total. The van der Waals surface area contributed by atoms with E-state index in [1.807, 2.05) is 12.1 Å². The van der Waals surface area contributed by atoms with Crippen molar-refractivity contribution in [2.75, 3.05) is 11.9 Å². The molecule has 1 aromatic heterocycles. The minimum Gasteiger partial charge on any atom is -0.382 e. The van der Waals surface area contributed by atoms with Crippen molar-refractivity contribution in [3.05, 3.63) is 23.5 Å². The normalized spacial score (nSPS) is 25.4. The van der Waals surface area contributed by atoms with Crippen LogP contribution in [0, 0.1) is 11.8 Å². The van der Waals surface area contributed by atoms with Crippen LogP contribution in [0.25, 0.3) is 0 Å². The Morgan fingerprint density at radius 1 is 1.38 bits per heavy atom. The third-order valence-electron chi connectivity index (χ3n) is 3.48. The zero-order chi connectivity index (χ0) is 11.4. The molecule has 3 heteroatoms. The third kappa shape index (κ3) is 3.11. The molecule has 0 aliphatic heterocycles. The fourth-order valence-corrected chi connectivity index (χ4v) is 2.49. The summed E-state index contributed by atoms with van der Waals surface area (Å²) in [5.74, 6) is 1.71. The number of hydrogen-bond donors (Lipinski definition) is 1. The maximum absolute atomic E-state index is 5.99. The van der Waals surface area contributed by atoms with Gasteiger partial charge in [-0.2, -0.15) is 0 Å². The second-order valence-corrected chi connectivity index (χ2v) is 5.21. The van der Waals surface area contributed by atoms with Gasteiger partial charge in [0.15, 0.2) is 5.15 Å². The number of nitrogens with one attached hydrogen (secondary N) is 1. The Labute approximate surface area is 102 Å². The first-order valence-electron chi connectivity index (χ1n) is 6.10. The van der Waals surface area contributed by atoms with Crippen LogP contribution in [0.15, 0.2) is 18.3 Å². The van der Waals surface area contributed by atoms with Gasteiger partial charge in [-0.3, -0.25) is 0 Å². The van der Waals surface area contributed by atoms with Crippen LogP contribution in [0.1, 0.15) is 32.6 Å². The minimum absolute atomic E-state index is 0.576. The summed E-state index contributed by atoms with van der Waals surface area (Å²) in [6.07, 6.45) is 7.13. The molecule has 1 aromatic rings. The van der Waals surface area contributed by atoms with Crippen molar-refractivity contribution in [3.63, 3.8) is 0 Å². The quantitative estimate of drug-likeness (QED) is 0.806. The van der Waals surface area contributed by atoms with Crippen LogP contribution in [-0.2, 0) is 0 Å². The molecule has 0 radical (unpaired) electrons. The largest absolute Gasteiger partial charge is 0.382 e. The summed E-state index contributed by atoms with van der Waals surface area (Å²) in [5, 5.41) is 3.98. The number of anilines is 1. The molecule has 0 aromatic carbocycles. The lowest BCUT2D eigenvalue weighted by atomic mass is 9.83. The minimum atomic E-state index is 0.576. The maximum Gasteiger partial charge on any atom is 0.152 e. The van der Waals surface area contributed by atoms with Gasteiger partial charge in [0.2, 0.25) is 0 Å². The van der Waals surface area contributed by atoms with Gasteiger partial charge < -0.3 is 5.32 Å². The highest BCUT2D eigenvalue weighted by Gasteiger charge is 2.17. The molecule has 1 aliphatic carbocycles. The highest BCUT2D eigenvalue weighted by atomic mass is 35.5. The van der Waals surface area contributed by atoms with Gasteiger partial charge in [0.05, 0.1) is 5.69 Å². The highest BCUT2D eigenvalue weighted by Crippen LogP contribution is 2.29. The van der Waals surface area contributed by atoms with Gasteiger partial charge in [-0.1, -0.05) is 31.4 Å². The highest BCUT2D eigenvalue weighted by molar-refractivity contribution is 6.31. The Morgan fingerprint density at radius 2 is 2.12 bits per heavy atom. The summed E-state index contributed by atoms with van der Waals surface area (Å²) < 4.78 is 0. The standard InChI is InChI=1S/C13H19ClN2/c1-10-4-6-11(7-5-10)9-16-12-3-2-8-15-13(12)14/h2-3,8,10-11,16H,4-7,9H2,1H3. The Bertz CT molecular complexity index is 332. The second kappa shape index (κ2) is 5.53. The molecule has 0 atom stereocenters. The first-order valence-corrected chi connectivity index (χ1v) is 6.48. The zero-order valence-electron chi connectivity index (χ0n) is 9.75. The van der Waals surface area contributed by atoms with Crippen molar-refractivity contribution in [1.29, 1.82) is 0 Å². The maximum atomic E-state index is 5.99. The van der Waals surface area contributed by atoms with E-state index in [0.717, 1.165) is 24.1 Å². The molecule has 1 fully saturated rings. The van der Waals surface area contributed by atoms with Crippen molar-refractivity contribution in [2.45, 2.75) is 32.6 Å². The van der Waals surface area contributed by atoms with Crippen molar-refractivity contribution < 1.29 is 0 Å². The summed E-state index contributed by atoms with van der Waals surface area (Å²) in [4.78, 5) is 4.06. The van der Waals surface area contributed by atoms with Crippen LogP contribution in [0.5, 0.6) is 0 Å². The molecule has 1 aliphatic rings. The Kier molecular flexibility index (Phi) is 4.05. The molecule has 16 heavy (non-hydrogen) atoms. The van der Waals surface area contributed by atoms with Gasteiger partial charge in [0.25, 0.3) is 0 Å². The van der Waals surface area contributed by atoms with Crippen LogP contribution in [0.3, 0.4) is 0 Å². The van der Waals surface area contributed by atoms with Crippen LogP contribution in [0.4, 0.5) is 5.69 Å². The van der Waals surface area contributed by atoms with E-state index in [0.29, 0.717) is 5.15 Å². The van der Waals surface area contributed by atoms with Gasteiger partial charge in [-0.15, -0.1) is 0 Å². The first-order chi connectivity index (χ1) is 7.75. The van der Waals surface area contributed by atoms with Gasteiger partial charge in [0.1, 0.15) is 0 Å². The molecule has 0 bridgehead atoms. The average molecular weight is 239 g/mol. The van der Waals surface area contributed by atoms with Crippen molar-refractivity contribution in [1.82, 2.24) is 4.98 Å². The van der Waals surface area contributed by atoms with E-state index >= 15 is 0 Å². The van der Waals surface area contributed by atoms with Crippen LogP contribution in [-0.4, -0.2) is 11.5 Å². The van der Waals surface area contributed by atoms with E-state index in [4.69, 9.17) is 11.6 Å². The molecular formula is C13H19ClN2. The summed E-state index contributed by atoms with van der Waals surface area (Å²) in [6, 6.07) is 3.90. The van der Waals surface area contributed by atoms with Crippen molar-refractivity contribution in [3.8, 4) is 0 Å². The average Bonchev–Trinajstić information content (AvgIpc) is 2.30. The van der Waals surface area contributed by atoms with Crippen LogP contribution in [0.2, 0.25) is 5.15 Å². The molecular weight excluding hydrogens is 220 g/mol.